The SMILES string of the molecule is CNc1ccc(/C(C)=N/N=C(N)N)cc1. The van der Waals surface area contributed by atoms with Gasteiger partial charge in [-0.05, 0) is 24.6 Å². The lowest BCUT2D eigenvalue weighted by molar-refractivity contribution is 1.20. The van der Waals surface area contributed by atoms with Crippen LogP contribution in [-0.2, 0) is 0 Å². The maximum atomic E-state index is 5.18. The molecule has 0 aromatic heterocycles. The molecule has 0 spiro atoms. The van der Waals surface area contributed by atoms with E-state index in [9.17, 15) is 0 Å². The minimum Gasteiger partial charge on any atom is -0.388 e. The van der Waals surface area contributed by atoms with Gasteiger partial charge in [0.25, 0.3) is 0 Å². The first kappa shape index (κ1) is 11.0. The highest BCUT2D eigenvalue weighted by Gasteiger charge is 1.96. The molecule has 0 aliphatic carbocycles. The van der Waals surface area contributed by atoms with Crippen LogP contribution in [-0.4, -0.2) is 18.7 Å². The first-order chi connectivity index (χ1) is 7.13. The van der Waals surface area contributed by atoms with Gasteiger partial charge in [0.1, 0.15) is 0 Å². The van der Waals surface area contributed by atoms with E-state index >= 15 is 0 Å². The summed E-state index contributed by atoms with van der Waals surface area (Å²) in [5.41, 5.74) is 13.2. The van der Waals surface area contributed by atoms with Gasteiger partial charge in [-0.1, -0.05) is 12.1 Å². The Hall–Kier alpha value is -2.04. The van der Waals surface area contributed by atoms with Gasteiger partial charge in [-0.25, -0.2) is 0 Å². The molecule has 0 heterocycles. The molecule has 0 fully saturated rings. The molecule has 5 nitrogen and oxygen atoms in total. The normalized spacial score (nSPS) is 10.9. The fourth-order valence-electron chi connectivity index (χ4n) is 1.07. The summed E-state index contributed by atoms with van der Waals surface area (Å²) in [5, 5.41) is 10.5. The van der Waals surface area contributed by atoms with Crippen molar-refractivity contribution >= 4 is 17.4 Å². The van der Waals surface area contributed by atoms with Crippen LogP contribution in [0.15, 0.2) is 34.5 Å². The van der Waals surface area contributed by atoms with Crippen molar-refractivity contribution in [1.82, 2.24) is 0 Å². The first-order valence-electron chi connectivity index (χ1n) is 4.55. The van der Waals surface area contributed by atoms with Gasteiger partial charge in [0.05, 0.1) is 5.71 Å². The van der Waals surface area contributed by atoms with Crippen LogP contribution in [0.2, 0.25) is 0 Å². The quantitative estimate of drug-likeness (QED) is 0.386. The highest BCUT2D eigenvalue weighted by atomic mass is 15.3. The van der Waals surface area contributed by atoms with E-state index in [0.717, 1.165) is 17.0 Å². The predicted molar refractivity (Wildman–Crippen MR) is 64.0 cm³/mol. The number of nitrogens with zero attached hydrogens (tertiary/aromatic N) is 2. The molecule has 15 heavy (non-hydrogen) atoms. The Morgan fingerprint density at radius 3 is 2.20 bits per heavy atom. The molecule has 0 atom stereocenters. The molecule has 5 heteroatoms. The van der Waals surface area contributed by atoms with E-state index in [4.69, 9.17) is 11.5 Å². The van der Waals surface area contributed by atoms with Gasteiger partial charge in [-0.3, -0.25) is 0 Å². The zero-order chi connectivity index (χ0) is 11.3. The van der Waals surface area contributed by atoms with Crippen LogP contribution in [0.5, 0.6) is 0 Å². The Morgan fingerprint density at radius 1 is 1.13 bits per heavy atom. The van der Waals surface area contributed by atoms with Crippen LogP contribution >= 0.6 is 0 Å². The van der Waals surface area contributed by atoms with Crippen molar-refractivity contribution in [3.05, 3.63) is 29.8 Å². The summed E-state index contributed by atoms with van der Waals surface area (Å²) < 4.78 is 0. The predicted octanol–water partition coefficient (Wildman–Crippen LogP) is 0.726. The third-order valence-electron chi connectivity index (χ3n) is 1.91. The second-order valence-electron chi connectivity index (χ2n) is 3.04. The summed E-state index contributed by atoms with van der Waals surface area (Å²) in [7, 11) is 1.87. The average Bonchev–Trinajstić information content (AvgIpc) is 2.26. The maximum absolute atomic E-state index is 5.18. The fourth-order valence-corrected chi connectivity index (χ4v) is 1.07. The van der Waals surface area contributed by atoms with Gasteiger partial charge >= 0.3 is 0 Å². The Labute approximate surface area is 88.9 Å². The van der Waals surface area contributed by atoms with Crippen molar-refractivity contribution in [3.63, 3.8) is 0 Å². The van der Waals surface area contributed by atoms with Gasteiger partial charge in [-0.2, -0.15) is 5.10 Å². The zero-order valence-corrected chi connectivity index (χ0v) is 8.86. The van der Waals surface area contributed by atoms with E-state index in [1.807, 2.05) is 38.2 Å². The van der Waals surface area contributed by atoms with Gasteiger partial charge < -0.3 is 16.8 Å². The number of hydrogen-bond acceptors (Lipinski definition) is 3. The van der Waals surface area contributed by atoms with Crippen LogP contribution in [0.3, 0.4) is 0 Å². The summed E-state index contributed by atoms with van der Waals surface area (Å²) in [6.07, 6.45) is 0. The lowest BCUT2D eigenvalue weighted by atomic mass is 10.1. The molecule has 1 aromatic rings. The summed E-state index contributed by atoms with van der Waals surface area (Å²) in [6.45, 7) is 1.85. The Balaban J connectivity index is 2.87. The van der Waals surface area contributed by atoms with Crippen LogP contribution in [0.4, 0.5) is 5.69 Å². The Kier molecular flexibility index (Phi) is 3.68. The van der Waals surface area contributed by atoms with E-state index in [1.54, 1.807) is 0 Å². The molecule has 0 unspecified atom stereocenters. The summed E-state index contributed by atoms with van der Waals surface area (Å²) in [6, 6.07) is 7.83. The van der Waals surface area contributed by atoms with Gasteiger partial charge in [-0.15, -0.1) is 5.10 Å². The lowest BCUT2D eigenvalue weighted by Gasteiger charge is -2.01. The van der Waals surface area contributed by atoms with Gasteiger partial charge in [0.2, 0.25) is 5.96 Å². The number of guanidine groups is 1. The molecule has 0 saturated carbocycles. The first-order valence-corrected chi connectivity index (χ1v) is 4.55. The van der Waals surface area contributed by atoms with Crippen LogP contribution < -0.4 is 16.8 Å². The number of nitrogens with one attached hydrogen (secondary N) is 1. The molecule has 1 aromatic carbocycles. The lowest BCUT2D eigenvalue weighted by Crippen LogP contribution is -2.22. The van der Waals surface area contributed by atoms with E-state index in [0.29, 0.717) is 0 Å². The van der Waals surface area contributed by atoms with E-state index in [1.165, 1.54) is 0 Å². The van der Waals surface area contributed by atoms with Crippen molar-refractivity contribution in [1.29, 1.82) is 0 Å². The molecule has 0 aliphatic heterocycles. The fraction of sp³-hybridized carbons (Fsp3) is 0.200. The molecule has 0 amide bonds. The number of nitrogens with two attached hydrogens (primary N) is 2. The Morgan fingerprint density at radius 2 is 1.73 bits per heavy atom. The van der Waals surface area contributed by atoms with E-state index < -0.39 is 0 Å². The van der Waals surface area contributed by atoms with Crippen LogP contribution in [0, 0.1) is 0 Å². The number of hydrogen-bond donors (Lipinski definition) is 3. The van der Waals surface area contributed by atoms with E-state index in [-0.39, 0.29) is 5.96 Å². The molecule has 0 saturated heterocycles. The zero-order valence-electron chi connectivity index (χ0n) is 8.86. The minimum atomic E-state index is -0.0406. The molecular formula is C10H15N5. The minimum absolute atomic E-state index is 0.0406. The van der Waals surface area contributed by atoms with Gasteiger partial charge in [0.15, 0.2) is 0 Å². The second kappa shape index (κ2) is 4.99. The molecule has 80 valence electrons. The number of rotatable bonds is 3. The number of benzene rings is 1. The summed E-state index contributed by atoms with van der Waals surface area (Å²) in [4.78, 5) is 0. The third-order valence-corrected chi connectivity index (χ3v) is 1.91. The highest BCUT2D eigenvalue weighted by molar-refractivity contribution is 5.99. The molecule has 0 radical (unpaired) electrons. The summed E-state index contributed by atoms with van der Waals surface area (Å²) >= 11 is 0. The molecule has 5 N–H and O–H groups in total. The number of anilines is 1. The monoisotopic (exact) mass is 205 g/mol. The van der Waals surface area contributed by atoms with Crippen molar-refractivity contribution < 1.29 is 0 Å². The van der Waals surface area contributed by atoms with E-state index in [2.05, 4.69) is 15.5 Å². The van der Waals surface area contributed by atoms with Crippen molar-refractivity contribution in [3.8, 4) is 0 Å². The van der Waals surface area contributed by atoms with Crippen LogP contribution in [0.25, 0.3) is 0 Å². The molecule has 1 rings (SSSR count). The maximum Gasteiger partial charge on any atom is 0.211 e. The van der Waals surface area contributed by atoms with Gasteiger partial charge in [0, 0.05) is 12.7 Å². The highest BCUT2D eigenvalue weighted by Crippen LogP contribution is 2.09. The van der Waals surface area contributed by atoms with Crippen molar-refractivity contribution in [2.75, 3.05) is 12.4 Å². The second-order valence-corrected chi connectivity index (χ2v) is 3.04. The molecule has 0 aliphatic rings. The van der Waals surface area contributed by atoms with Crippen LogP contribution in [0.1, 0.15) is 12.5 Å². The topological polar surface area (TPSA) is 88.8 Å². The van der Waals surface area contributed by atoms with Crippen molar-refractivity contribution in [2.45, 2.75) is 6.92 Å². The molecule has 0 bridgehead atoms. The third kappa shape index (κ3) is 3.30. The average molecular weight is 205 g/mol. The molecular weight excluding hydrogens is 190 g/mol. The largest absolute Gasteiger partial charge is 0.388 e. The smallest absolute Gasteiger partial charge is 0.211 e. The summed E-state index contributed by atoms with van der Waals surface area (Å²) in [5.74, 6) is -0.0406. The standard InChI is InChI=1S/C10H15N5/c1-7(14-15-10(11)12)8-3-5-9(13-2)6-4-8/h3-6,13H,1-2H3,(H4,11,12,15)/b14-7+. The Bertz CT molecular complexity index is 373. The van der Waals surface area contributed by atoms with Crippen molar-refractivity contribution in [2.24, 2.45) is 21.7 Å².